The summed E-state index contributed by atoms with van der Waals surface area (Å²) in [6.07, 6.45) is 4.05. The number of nitrogens with one attached hydrogen (secondary N) is 1. The van der Waals surface area contributed by atoms with Gasteiger partial charge in [0.2, 0.25) is 5.28 Å². The standard InChI is InChI=1S/C12H18ClN3O4S/c1-16-9(8-14-10(16)13)21(17,18)15-11-4-3-5-12(11,19-2)20-7-6-11/h8,15H,3-7H2,1-2H3/t11-,12+/m1/s1. The zero-order valence-electron chi connectivity index (χ0n) is 11.9. The highest BCUT2D eigenvalue weighted by atomic mass is 35.5. The second-order valence-corrected chi connectivity index (χ2v) is 7.49. The van der Waals surface area contributed by atoms with Crippen molar-refractivity contribution in [1.82, 2.24) is 14.3 Å². The van der Waals surface area contributed by atoms with Crippen molar-refractivity contribution in [2.45, 2.75) is 42.0 Å². The molecule has 118 valence electrons. The number of nitrogens with zero attached hydrogens (tertiary/aromatic N) is 2. The number of methoxy groups -OCH3 is 1. The average molecular weight is 336 g/mol. The summed E-state index contributed by atoms with van der Waals surface area (Å²) in [5.41, 5.74) is -0.725. The second-order valence-electron chi connectivity index (χ2n) is 5.52. The Morgan fingerprint density at radius 2 is 2.24 bits per heavy atom. The molecule has 0 bridgehead atoms. The fourth-order valence-electron chi connectivity index (χ4n) is 3.44. The molecule has 2 fully saturated rings. The van der Waals surface area contributed by atoms with Crippen LogP contribution in [0.25, 0.3) is 0 Å². The number of rotatable bonds is 4. The minimum absolute atomic E-state index is 0.0330. The molecule has 1 aromatic rings. The summed E-state index contributed by atoms with van der Waals surface area (Å²) in [5, 5.41) is 0.158. The van der Waals surface area contributed by atoms with Crippen LogP contribution in [0.4, 0.5) is 0 Å². The summed E-state index contributed by atoms with van der Waals surface area (Å²) in [5.74, 6) is -0.873. The van der Waals surface area contributed by atoms with Crippen molar-refractivity contribution >= 4 is 21.6 Å². The number of sulfonamides is 1. The molecule has 0 radical (unpaired) electrons. The van der Waals surface area contributed by atoms with Gasteiger partial charge in [0.15, 0.2) is 10.8 Å². The van der Waals surface area contributed by atoms with Crippen molar-refractivity contribution in [3.8, 4) is 0 Å². The van der Waals surface area contributed by atoms with Gasteiger partial charge in [-0.3, -0.25) is 0 Å². The maximum atomic E-state index is 12.7. The molecular weight excluding hydrogens is 318 g/mol. The van der Waals surface area contributed by atoms with Gasteiger partial charge in [0, 0.05) is 20.6 Å². The van der Waals surface area contributed by atoms with Gasteiger partial charge in [-0.2, -0.15) is 4.72 Å². The smallest absolute Gasteiger partial charge is 0.258 e. The van der Waals surface area contributed by atoms with Crippen LogP contribution >= 0.6 is 11.6 Å². The fraction of sp³-hybridized carbons (Fsp3) is 0.750. The van der Waals surface area contributed by atoms with Crippen LogP contribution in [-0.4, -0.2) is 43.0 Å². The van der Waals surface area contributed by atoms with Crippen LogP contribution in [-0.2, 0) is 26.5 Å². The molecule has 1 aliphatic carbocycles. The van der Waals surface area contributed by atoms with Gasteiger partial charge in [0.25, 0.3) is 10.0 Å². The van der Waals surface area contributed by atoms with Crippen LogP contribution in [0.1, 0.15) is 25.7 Å². The van der Waals surface area contributed by atoms with E-state index in [0.29, 0.717) is 25.9 Å². The topological polar surface area (TPSA) is 82.5 Å². The molecule has 1 N–H and O–H groups in total. The molecular formula is C12H18ClN3O4S. The normalized spacial score (nSPS) is 32.5. The predicted octanol–water partition coefficient (Wildman–Crippen LogP) is 1.04. The van der Waals surface area contributed by atoms with Crippen molar-refractivity contribution in [2.75, 3.05) is 13.7 Å². The van der Waals surface area contributed by atoms with E-state index in [-0.39, 0.29) is 10.3 Å². The first kappa shape index (κ1) is 15.2. The highest BCUT2D eigenvalue weighted by molar-refractivity contribution is 7.89. The Kier molecular flexibility index (Phi) is 3.57. The molecule has 0 aromatic carbocycles. The summed E-state index contributed by atoms with van der Waals surface area (Å²) in [6, 6.07) is 0. The van der Waals surface area contributed by atoms with Gasteiger partial charge in [-0.1, -0.05) is 0 Å². The first-order chi connectivity index (χ1) is 9.86. The summed E-state index contributed by atoms with van der Waals surface area (Å²) in [4.78, 5) is 3.82. The van der Waals surface area contributed by atoms with E-state index in [9.17, 15) is 8.42 Å². The Morgan fingerprint density at radius 3 is 2.86 bits per heavy atom. The summed E-state index contributed by atoms with van der Waals surface area (Å²) in [6.45, 7) is 0.475. The highest BCUT2D eigenvalue weighted by Crippen LogP contribution is 2.49. The van der Waals surface area contributed by atoms with Crippen LogP contribution in [0.15, 0.2) is 11.2 Å². The number of imidazole rings is 1. The third-order valence-corrected chi connectivity index (χ3v) is 6.47. The Bertz CT molecular complexity index is 647. The lowest BCUT2D eigenvalue weighted by Crippen LogP contribution is -2.59. The van der Waals surface area contributed by atoms with Crippen LogP contribution in [0.3, 0.4) is 0 Å². The highest BCUT2D eigenvalue weighted by Gasteiger charge is 2.62. The van der Waals surface area contributed by atoms with Crippen molar-refractivity contribution in [1.29, 1.82) is 0 Å². The summed E-state index contributed by atoms with van der Waals surface area (Å²) in [7, 11) is -0.643. The van der Waals surface area contributed by atoms with Gasteiger partial charge in [-0.25, -0.2) is 13.4 Å². The SMILES string of the molecule is CO[C@]12CCC[C@@]1(NS(=O)(=O)c1cnc(Cl)n1C)CCO2. The van der Waals surface area contributed by atoms with Gasteiger partial charge < -0.3 is 14.0 Å². The zero-order chi connectivity index (χ0) is 15.3. The van der Waals surface area contributed by atoms with E-state index in [1.165, 1.54) is 10.8 Å². The first-order valence-corrected chi connectivity index (χ1v) is 8.62. The van der Waals surface area contributed by atoms with Crippen LogP contribution in [0.5, 0.6) is 0 Å². The Labute approximate surface area is 128 Å². The van der Waals surface area contributed by atoms with E-state index in [1.807, 2.05) is 0 Å². The number of hydrogen-bond donors (Lipinski definition) is 1. The van der Waals surface area contributed by atoms with Crippen molar-refractivity contribution in [3.05, 3.63) is 11.5 Å². The zero-order valence-corrected chi connectivity index (χ0v) is 13.5. The summed E-state index contributed by atoms with van der Waals surface area (Å²) < 4.78 is 40.8. The maximum absolute atomic E-state index is 12.7. The van der Waals surface area contributed by atoms with E-state index >= 15 is 0 Å². The predicted molar refractivity (Wildman–Crippen MR) is 75.4 cm³/mol. The lowest BCUT2D eigenvalue weighted by atomic mass is 9.92. The fourth-order valence-corrected chi connectivity index (χ4v) is 5.24. The van der Waals surface area contributed by atoms with Crippen LogP contribution < -0.4 is 4.72 Å². The van der Waals surface area contributed by atoms with Crippen molar-refractivity contribution in [2.24, 2.45) is 7.05 Å². The van der Waals surface area contributed by atoms with Crippen LogP contribution in [0, 0.1) is 0 Å². The van der Waals surface area contributed by atoms with Crippen molar-refractivity contribution < 1.29 is 17.9 Å². The van der Waals surface area contributed by atoms with Gasteiger partial charge in [0.1, 0.15) is 0 Å². The molecule has 0 spiro atoms. The molecule has 9 heteroatoms. The lowest BCUT2D eigenvalue weighted by Gasteiger charge is -2.37. The third kappa shape index (κ3) is 2.12. The van der Waals surface area contributed by atoms with E-state index in [0.717, 1.165) is 6.42 Å². The lowest BCUT2D eigenvalue weighted by molar-refractivity contribution is -0.212. The first-order valence-electron chi connectivity index (χ1n) is 6.76. The summed E-state index contributed by atoms with van der Waals surface area (Å²) >= 11 is 5.83. The average Bonchev–Trinajstić information content (AvgIpc) is 3.02. The van der Waals surface area contributed by atoms with E-state index in [4.69, 9.17) is 21.1 Å². The van der Waals surface area contributed by atoms with Gasteiger partial charge in [-0.15, -0.1) is 0 Å². The second kappa shape index (κ2) is 4.92. The third-order valence-electron chi connectivity index (χ3n) is 4.53. The van der Waals surface area contributed by atoms with Crippen molar-refractivity contribution in [3.63, 3.8) is 0 Å². The van der Waals surface area contributed by atoms with Gasteiger partial charge >= 0.3 is 0 Å². The molecule has 2 aliphatic rings. The number of ether oxygens (including phenoxy) is 2. The molecule has 0 amide bonds. The monoisotopic (exact) mass is 335 g/mol. The van der Waals surface area contributed by atoms with Gasteiger partial charge in [0.05, 0.1) is 18.3 Å². The quantitative estimate of drug-likeness (QED) is 0.889. The molecule has 2 heterocycles. The molecule has 1 saturated carbocycles. The number of halogens is 1. The molecule has 1 aromatic heterocycles. The minimum Gasteiger partial charge on any atom is -0.351 e. The largest absolute Gasteiger partial charge is 0.351 e. The molecule has 7 nitrogen and oxygen atoms in total. The molecule has 1 saturated heterocycles. The molecule has 1 aliphatic heterocycles. The number of fused-ring (bicyclic) bond motifs is 1. The Morgan fingerprint density at radius 1 is 1.48 bits per heavy atom. The Hall–Kier alpha value is -0.670. The maximum Gasteiger partial charge on any atom is 0.258 e. The molecule has 21 heavy (non-hydrogen) atoms. The molecule has 0 unspecified atom stereocenters. The van der Waals surface area contributed by atoms with Gasteiger partial charge in [-0.05, 0) is 30.9 Å². The minimum atomic E-state index is -3.76. The van der Waals surface area contributed by atoms with E-state index < -0.39 is 21.3 Å². The molecule has 2 atom stereocenters. The van der Waals surface area contributed by atoms with E-state index in [1.54, 1.807) is 14.2 Å². The van der Waals surface area contributed by atoms with E-state index in [2.05, 4.69) is 9.71 Å². The number of hydrogen-bond acceptors (Lipinski definition) is 5. The molecule has 3 rings (SSSR count). The van der Waals surface area contributed by atoms with Crippen LogP contribution in [0.2, 0.25) is 5.28 Å². The Balaban J connectivity index is 1.97. The number of aromatic nitrogens is 2.